The lowest BCUT2D eigenvalue weighted by Crippen LogP contribution is -2.65. The summed E-state index contributed by atoms with van der Waals surface area (Å²) in [7, 11) is 0. The second-order valence-corrected chi connectivity index (χ2v) is 8.16. The van der Waals surface area contributed by atoms with Crippen LogP contribution >= 0.6 is 0 Å². The van der Waals surface area contributed by atoms with Gasteiger partial charge in [-0.25, -0.2) is 15.0 Å². The molecule has 7 nitrogen and oxygen atoms in total. The number of carbonyl (C=O) groups is 1. The summed E-state index contributed by atoms with van der Waals surface area (Å²) in [6.07, 6.45) is 7.08. The van der Waals surface area contributed by atoms with Gasteiger partial charge in [0.1, 0.15) is 0 Å². The third-order valence-corrected chi connectivity index (χ3v) is 5.55. The van der Waals surface area contributed by atoms with Crippen LogP contribution in [-0.4, -0.2) is 45.1 Å². The summed E-state index contributed by atoms with van der Waals surface area (Å²) >= 11 is 0. The van der Waals surface area contributed by atoms with Crippen LogP contribution in [0.2, 0.25) is 0 Å². The second-order valence-electron chi connectivity index (χ2n) is 8.16. The quantitative estimate of drug-likeness (QED) is 0.584. The van der Waals surface area contributed by atoms with Gasteiger partial charge < -0.3 is 14.8 Å². The number of aryl methyl sites for hydroxylation is 3. The Kier molecular flexibility index (Phi) is 5.79. The Morgan fingerprint density at radius 1 is 1.13 bits per heavy atom. The van der Waals surface area contributed by atoms with Gasteiger partial charge in [0.05, 0.1) is 11.7 Å². The molecule has 3 aromatic rings. The summed E-state index contributed by atoms with van der Waals surface area (Å²) in [5, 5.41) is 3.16. The summed E-state index contributed by atoms with van der Waals surface area (Å²) < 4.78 is 2.02. The molecule has 1 aliphatic rings. The van der Waals surface area contributed by atoms with Crippen LogP contribution in [0, 0.1) is 19.3 Å². The lowest BCUT2D eigenvalue weighted by atomic mass is 9.74. The molecule has 1 aliphatic heterocycles. The molecule has 3 heterocycles. The minimum absolute atomic E-state index is 0.109. The first-order valence-corrected chi connectivity index (χ1v) is 10.4. The molecule has 156 valence electrons. The minimum Gasteiger partial charge on any atom is -0.355 e. The predicted octanol–water partition coefficient (Wildman–Crippen LogP) is 2.55. The van der Waals surface area contributed by atoms with Gasteiger partial charge in [0.15, 0.2) is 0 Å². The van der Waals surface area contributed by atoms with Crippen LogP contribution in [0.5, 0.6) is 0 Å². The molecular weight excluding hydrogens is 376 g/mol. The summed E-state index contributed by atoms with van der Waals surface area (Å²) in [4.78, 5) is 28.5. The molecule has 0 atom stereocenters. The van der Waals surface area contributed by atoms with Gasteiger partial charge in [-0.05, 0) is 38.3 Å². The van der Waals surface area contributed by atoms with E-state index in [1.165, 1.54) is 5.56 Å². The van der Waals surface area contributed by atoms with E-state index < -0.39 is 5.41 Å². The second kappa shape index (κ2) is 8.65. The Morgan fingerprint density at radius 3 is 2.53 bits per heavy atom. The zero-order chi connectivity index (χ0) is 21.0. The maximum Gasteiger partial charge on any atom is 0.230 e. The maximum atomic E-state index is 13.2. The molecule has 0 unspecified atom stereocenters. The topological polar surface area (TPSA) is 75.9 Å². The lowest BCUT2D eigenvalue weighted by Gasteiger charge is -2.49. The van der Waals surface area contributed by atoms with Crippen molar-refractivity contribution in [2.24, 2.45) is 5.41 Å². The normalized spacial score (nSPS) is 14.9. The van der Waals surface area contributed by atoms with Gasteiger partial charge >= 0.3 is 0 Å². The molecule has 7 heteroatoms. The Bertz CT molecular complexity index is 960. The molecular formula is C23H28N6O. The minimum atomic E-state index is -0.461. The standard InChI is InChI=1S/C23H28N6O/c1-18-13-19(2)27-22(26-18)29-15-23(16-29,14-20-7-4-3-5-8-20)21(30)25-9-6-11-28-12-10-24-17-28/h3-5,7-8,10,12-13,17H,6,9,11,14-16H2,1-2H3,(H,25,30). The zero-order valence-corrected chi connectivity index (χ0v) is 17.6. The number of nitrogens with one attached hydrogen (secondary N) is 1. The van der Waals surface area contributed by atoms with Gasteiger partial charge in [0.2, 0.25) is 11.9 Å². The average molecular weight is 405 g/mol. The predicted molar refractivity (Wildman–Crippen MR) is 116 cm³/mol. The number of hydrogen-bond acceptors (Lipinski definition) is 5. The Balaban J connectivity index is 1.42. The third-order valence-electron chi connectivity index (χ3n) is 5.55. The van der Waals surface area contributed by atoms with E-state index in [4.69, 9.17) is 0 Å². The van der Waals surface area contributed by atoms with E-state index in [2.05, 4.69) is 37.3 Å². The highest BCUT2D eigenvalue weighted by atomic mass is 16.2. The number of aromatic nitrogens is 4. The molecule has 1 amide bonds. The molecule has 0 bridgehead atoms. The molecule has 0 aliphatic carbocycles. The Hall–Kier alpha value is -3.22. The van der Waals surface area contributed by atoms with Crippen LogP contribution in [0.3, 0.4) is 0 Å². The summed E-state index contributed by atoms with van der Waals surface area (Å²) in [6, 6.07) is 12.2. The van der Waals surface area contributed by atoms with Crippen LogP contribution in [-0.2, 0) is 17.8 Å². The average Bonchev–Trinajstić information content (AvgIpc) is 3.21. The third kappa shape index (κ3) is 4.50. The number of rotatable bonds is 8. The molecule has 1 N–H and O–H groups in total. The maximum absolute atomic E-state index is 13.2. The molecule has 0 saturated carbocycles. The van der Waals surface area contributed by atoms with Gasteiger partial charge in [-0.2, -0.15) is 0 Å². The number of hydrogen-bond donors (Lipinski definition) is 1. The van der Waals surface area contributed by atoms with Crippen LogP contribution < -0.4 is 10.2 Å². The van der Waals surface area contributed by atoms with Crippen molar-refractivity contribution < 1.29 is 4.79 Å². The number of benzene rings is 1. The molecule has 1 aromatic carbocycles. The van der Waals surface area contributed by atoms with E-state index in [0.717, 1.165) is 24.4 Å². The van der Waals surface area contributed by atoms with Crippen molar-refractivity contribution >= 4 is 11.9 Å². The van der Waals surface area contributed by atoms with Gasteiger partial charge in [-0.3, -0.25) is 4.79 Å². The van der Waals surface area contributed by atoms with Gasteiger partial charge in [-0.15, -0.1) is 0 Å². The van der Waals surface area contributed by atoms with Crippen molar-refractivity contribution in [1.29, 1.82) is 0 Å². The van der Waals surface area contributed by atoms with E-state index in [9.17, 15) is 4.79 Å². The fraction of sp³-hybridized carbons (Fsp3) is 0.391. The zero-order valence-electron chi connectivity index (χ0n) is 17.6. The van der Waals surface area contributed by atoms with Crippen molar-refractivity contribution in [2.45, 2.75) is 33.2 Å². The Morgan fingerprint density at radius 2 is 1.87 bits per heavy atom. The highest BCUT2D eigenvalue weighted by Gasteiger charge is 2.50. The highest BCUT2D eigenvalue weighted by Crippen LogP contribution is 2.36. The summed E-state index contributed by atoms with van der Waals surface area (Å²) in [5.74, 6) is 0.821. The summed E-state index contributed by atoms with van der Waals surface area (Å²) in [6.45, 7) is 6.68. The number of nitrogens with zero attached hydrogens (tertiary/aromatic N) is 5. The fourth-order valence-corrected chi connectivity index (χ4v) is 4.07. The van der Waals surface area contributed by atoms with Crippen molar-refractivity contribution in [1.82, 2.24) is 24.8 Å². The first kappa shape index (κ1) is 20.1. The van der Waals surface area contributed by atoms with Gasteiger partial charge in [-0.1, -0.05) is 30.3 Å². The summed E-state index contributed by atoms with van der Waals surface area (Å²) in [5.41, 5.74) is 2.60. The monoisotopic (exact) mass is 404 g/mol. The molecule has 0 radical (unpaired) electrons. The number of imidazole rings is 1. The van der Waals surface area contributed by atoms with Crippen molar-refractivity contribution in [3.8, 4) is 0 Å². The lowest BCUT2D eigenvalue weighted by molar-refractivity contribution is -0.132. The number of carbonyl (C=O) groups excluding carboxylic acids is 1. The van der Waals surface area contributed by atoms with Crippen LogP contribution in [0.1, 0.15) is 23.4 Å². The van der Waals surface area contributed by atoms with E-state index in [1.54, 1.807) is 12.5 Å². The molecule has 30 heavy (non-hydrogen) atoms. The van der Waals surface area contributed by atoms with E-state index in [-0.39, 0.29) is 5.91 Å². The van der Waals surface area contributed by atoms with E-state index >= 15 is 0 Å². The van der Waals surface area contributed by atoms with Crippen LogP contribution in [0.4, 0.5) is 5.95 Å². The van der Waals surface area contributed by atoms with Gasteiger partial charge in [0.25, 0.3) is 0 Å². The SMILES string of the molecule is Cc1cc(C)nc(N2CC(Cc3ccccc3)(C(=O)NCCCn3ccnc3)C2)n1. The molecule has 1 saturated heterocycles. The molecule has 4 rings (SSSR count). The van der Waals surface area contributed by atoms with Crippen molar-refractivity contribution in [2.75, 3.05) is 24.5 Å². The first-order valence-electron chi connectivity index (χ1n) is 10.4. The largest absolute Gasteiger partial charge is 0.355 e. The van der Waals surface area contributed by atoms with Crippen molar-refractivity contribution in [3.63, 3.8) is 0 Å². The first-order chi connectivity index (χ1) is 14.5. The molecule has 0 spiro atoms. The molecule has 2 aromatic heterocycles. The number of amides is 1. The van der Waals surface area contributed by atoms with E-state index in [0.29, 0.717) is 32.0 Å². The van der Waals surface area contributed by atoms with Crippen LogP contribution in [0.25, 0.3) is 0 Å². The van der Waals surface area contributed by atoms with E-state index in [1.807, 2.05) is 48.9 Å². The van der Waals surface area contributed by atoms with Crippen LogP contribution in [0.15, 0.2) is 55.1 Å². The fourth-order valence-electron chi connectivity index (χ4n) is 4.07. The van der Waals surface area contributed by atoms with Gasteiger partial charge in [0, 0.05) is 50.0 Å². The smallest absolute Gasteiger partial charge is 0.230 e. The number of anilines is 1. The highest BCUT2D eigenvalue weighted by molar-refractivity contribution is 5.86. The van der Waals surface area contributed by atoms with Crippen molar-refractivity contribution in [3.05, 3.63) is 72.1 Å². The Labute approximate surface area is 177 Å². The molecule has 1 fully saturated rings.